The van der Waals surface area contributed by atoms with E-state index >= 15 is 0 Å². The second-order valence-corrected chi connectivity index (χ2v) is 16.3. The van der Waals surface area contributed by atoms with Gasteiger partial charge < -0.3 is 25.3 Å². The second-order valence-electron chi connectivity index (χ2n) is 13.2. The summed E-state index contributed by atoms with van der Waals surface area (Å²) in [5.74, 6) is 0.0480. The molecule has 5 atom stereocenters. The molecule has 2 fully saturated rings. The minimum absolute atomic E-state index is 0.0455. The molecular formula is C36H35FN6O5S2. The molecule has 258 valence electrons. The van der Waals surface area contributed by atoms with Crippen LogP contribution in [-0.4, -0.2) is 62.6 Å². The van der Waals surface area contributed by atoms with Gasteiger partial charge in [-0.1, -0.05) is 18.2 Å². The number of thiazole rings is 1. The first kappa shape index (κ1) is 32.7. The Morgan fingerprint density at radius 1 is 1.04 bits per heavy atom. The molecule has 0 spiro atoms. The molecule has 4 heterocycles. The standard InChI is InChI=1S/C36H35FN6O5S2/c1-18(27-16-21-5-3-4-6-26(21)48-27)39-36-40-19(2)29(35-42-31-28(49-35)13-14-38-30(31)20-7-8-20)34(43-36)41-25-15-22(32(44)33(25)45)17-50(46,47)24-11-9-23(37)10-12-24/h3-6,9-14,16,18,20,22,25,32-33,44-45H,7-8,15,17H2,1-2H3,(H2,39,40,41,43)/t18-,22-,25-,32-,33+/m1/s1. The van der Waals surface area contributed by atoms with E-state index in [0.29, 0.717) is 39.7 Å². The average Bonchev–Trinajstić information content (AvgIpc) is 3.60. The first-order valence-electron chi connectivity index (χ1n) is 16.5. The van der Waals surface area contributed by atoms with Gasteiger partial charge in [-0.05, 0) is 75.6 Å². The molecule has 0 aliphatic heterocycles. The van der Waals surface area contributed by atoms with Crippen molar-refractivity contribution in [2.24, 2.45) is 5.92 Å². The maximum Gasteiger partial charge on any atom is 0.225 e. The number of aliphatic hydroxyl groups is 2. The van der Waals surface area contributed by atoms with Gasteiger partial charge in [0.15, 0.2) is 9.84 Å². The number of halogens is 1. The summed E-state index contributed by atoms with van der Waals surface area (Å²) < 4.78 is 46.9. The van der Waals surface area contributed by atoms with Gasteiger partial charge in [0.25, 0.3) is 0 Å². The van der Waals surface area contributed by atoms with Crippen LogP contribution in [0.4, 0.5) is 16.2 Å². The summed E-state index contributed by atoms with van der Waals surface area (Å²) in [6, 6.07) is 15.2. The molecule has 2 saturated carbocycles. The quantitative estimate of drug-likeness (QED) is 0.116. The van der Waals surface area contributed by atoms with Crippen LogP contribution in [0.3, 0.4) is 0 Å². The summed E-state index contributed by atoms with van der Waals surface area (Å²) in [7, 11) is -3.87. The second kappa shape index (κ2) is 12.7. The highest BCUT2D eigenvalue weighted by Crippen LogP contribution is 2.45. The van der Waals surface area contributed by atoms with Crippen LogP contribution in [-0.2, 0) is 9.84 Å². The number of para-hydroxylation sites is 1. The van der Waals surface area contributed by atoms with E-state index in [0.717, 1.165) is 51.9 Å². The number of furan rings is 1. The summed E-state index contributed by atoms with van der Waals surface area (Å²) in [6.07, 6.45) is 1.49. The van der Waals surface area contributed by atoms with E-state index in [1.807, 2.05) is 56.4 Å². The molecule has 0 bridgehead atoms. The van der Waals surface area contributed by atoms with E-state index in [4.69, 9.17) is 19.4 Å². The van der Waals surface area contributed by atoms with Gasteiger partial charge >= 0.3 is 0 Å². The molecule has 2 aliphatic carbocycles. The predicted octanol–water partition coefficient (Wildman–Crippen LogP) is 6.39. The zero-order valence-corrected chi connectivity index (χ0v) is 28.9. The Morgan fingerprint density at radius 2 is 1.82 bits per heavy atom. The lowest BCUT2D eigenvalue weighted by Crippen LogP contribution is -2.36. The van der Waals surface area contributed by atoms with E-state index < -0.39 is 45.6 Å². The number of nitrogens with one attached hydrogen (secondary N) is 2. The number of hydrogen-bond acceptors (Lipinski definition) is 12. The van der Waals surface area contributed by atoms with Crippen molar-refractivity contribution in [2.75, 3.05) is 16.4 Å². The molecule has 0 radical (unpaired) electrons. The minimum atomic E-state index is -3.87. The van der Waals surface area contributed by atoms with Crippen LogP contribution in [0, 0.1) is 18.7 Å². The van der Waals surface area contributed by atoms with Crippen LogP contribution in [0.1, 0.15) is 55.3 Å². The third kappa shape index (κ3) is 6.21. The summed E-state index contributed by atoms with van der Waals surface area (Å²) in [5.41, 5.74) is 3.87. The van der Waals surface area contributed by atoms with Gasteiger partial charge in [0.2, 0.25) is 5.95 Å². The van der Waals surface area contributed by atoms with Gasteiger partial charge in [-0.15, -0.1) is 11.3 Å². The van der Waals surface area contributed by atoms with Crippen molar-refractivity contribution in [3.05, 3.63) is 89.8 Å². The number of sulfone groups is 1. The maximum atomic E-state index is 13.5. The van der Waals surface area contributed by atoms with Crippen LogP contribution >= 0.6 is 11.3 Å². The van der Waals surface area contributed by atoms with Crippen molar-refractivity contribution in [1.82, 2.24) is 19.9 Å². The zero-order valence-electron chi connectivity index (χ0n) is 27.2. The zero-order chi connectivity index (χ0) is 34.7. The van der Waals surface area contributed by atoms with Crippen LogP contribution in [0.2, 0.25) is 0 Å². The Hall–Kier alpha value is -4.50. The number of aliphatic hydroxyl groups excluding tert-OH is 2. The van der Waals surface area contributed by atoms with Crippen LogP contribution in [0.25, 0.3) is 31.8 Å². The molecule has 8 rings (SSSR count). The van der Waals surface area contributed by atoms with Gasteiger partial charge in [-0.25, -0.2) is 22.8 Å². The normalized spacial score (nSPS) is 21.5. The van der Waals surface area contributed by atoms with Gasteiger partial charge in [0, 0.05) is 23.4 Å². The summed E-state index contributed by atoms with van der Waals surface area (Å²) in [6.45, 7) is 3.81. The number of pyridine rings is 1. The molecule has 6 aromatic rings. The maximum absolute atomic E-state index is 13.5. The average molecular weight is 715 g/mol. The summed E-state index contributed by atoms with van der Waals surface area (Å²) in [5, 5.41) is 30.6. The van der Waals surface area contributed by atoms with E-state index in [1.54, 1.807) is 0 Å². The number of anilines is 2. The molecule has 0 saturated heterocycles. The van der Waals surface area contributed by atoms with E-state index in [2.05, 4.69) is 15.6 Å². The van der Waals surface area contributed by atoms with E-state index in [-0.39, 0.29) is 17.4 Å². The summed E-state index contributed by atoms with van der Waals surface area (Å²) >= 11 is 1.50. The largest absolute Gasteiger partial charge is 0.459 e. The summed E-state index contributed by atoms with van der Waals surface area (Å²) in [4.78, 5) is 19.3. The fourth-order valence-electron chi connectivity index (χ4n) is 6.74. The van der Waals surface area contributed by atoms with Crippen molar-refractivity contribution < 1.29 is 27.4 Å². The Labute approximate surface area is 291 Å². The van der Waals surface area contributed by atoms with Crippen molar-refractivity contribution >= 4 is 54.1 Å². The Balaban J connectivity index is 1.13. The molecule has 0 unspecified atom stereocenters. The van der Waals surface area contributed by atoms with Gasteiger partial charge in [-0.3, -0.25) is 4.98 Å². The lowest BCUT2D eigenvalue weighted by Gasteiger charge is -2.22. The molecule has 4 aromatic heterocycles. The van der Waals surface area contributed by atoms with Crippen LogP contribution < -0.4 is 10.6 Å². The monoisotopic (exact) mass is 714 g/mol. The highest BCUT2D eigenvalue weighted by molar-refractivity contribution is 7.91. The molecule has 2 aliphatic rings. The SMILES string of the molecule is Cc1nc(N[C@H](C)c2cc3ccccc3o2)nc(N[C@@H]2C[C@H](CS(=O)(=O)c3ccc(F)cc3)[C@@H](O)[C@H]2O)c1-c1nc2c(C3CC3)nccc2s1. The smallest absolute Gasteiger partial charge is 0.225 e. The van der Waals surface area contributed by atoms with E-state index in [1.165, 1.54) is 23.5 Å². The third-order valence-electron chi connectivity index (χ3n) is 9.55. The number of aryl methyl sites for hydroxylation is 1. The number of fused-ring (bicyclic) bond motifs is 2. The fourth-order valence-corrected chi connectivity index (χ4v) is 9.45. The third-order valence-corrected chi connectivity index (χ3v) is 12.4. The Kier molecular flexibility index (Phi) is 8.29. The molecule has 4 N–H and O–H groups in total. The molecule has 0 amide bonds. The molecule has 11 nitrogen and oxygen atoms in total. The predicted molar refractivity (Wildman–Crippen MR) is 189 cm³/mol. The Bertz CT molecular complexity index is 2290. The van der Waals surface area contributed by atoms with Crippen molar-refractivity contribution in [1.29, 1.82) is 0 Å². The fraction of sp³-hybridized carbons (Fsp3) is 0.333. The highest BCUT2D eigenvalue weighted by Gasteiger charge is 2.44. The van der Waals surface area contributed by atoms with Gasteiger partial charge in [-0.2, -0.15) is 4.98 Å². The number of nitrogens with zero attached hydrogens (tertiary/aromatic N) is 4. The van der Waals surface area contributed by atoms with Crippen molar-refractivity contribution in [3.63, 3.8) is 0 Å². The lowest BCUT2D eigenvalue weighted by atomic mass is 10.1. The van der Waals surface area contributed by atoms with Crippen molar-refractivity contribution in [3.8, 4) is 10.6 Å². The molecule has 50 heavy (non-hydrogen) atoms. The topological polar surface area (TPSA) is 163 Å². The molecular weight excluding hydrogens is 680 g/mol. The number of hydrogen-bond donors (Lipinski definition) is 4. The minimum Gasteiger partial charge on any atom is -0.459 e. The number of aromatic nitrogens is 4. The lowest BCUT2D eigenvalue weighted by molar-refractivity contribution is 0.0216. The van der Waals surface area contributed by atoms with Crippen LogP contribution in [0.5, 0.6) is 0 Å². The Morgan fingerprint density at radius 3 is 2.58 bits per heavy atom. The van der Waals surface area contributed by atoms with Crippen LogP contribution in [0.15, 0.2) is 76.2 Å². The van der Waals surface area contributed by atoms with Gasteiger partial charge in [0.1, 0.15) is 39.6 Å². The van der Waals surface area contributed by atoms with Gasteiger partial charge in [0.05, 0.1) is 50.5 Å². The van der Waals surface area contributed by atoms with E-state index in [9.17, 15) is 23.0 Å². The number of rotatable bonds is 10. The first-order chi connectivity index (χ1) is 24.0. The molecule has 2 aromatic carbocycles. The van der Waals surface area contributed by atoms with Crippen molar-refractivity contribution in [2.45, 2.75) is 68.2 Å². The highest BCUT2D eigenvalue weighted by atomic mass is 32.2. The molecule has 14 heteroatoms. The number of benzene rings is 2. The first-order valence-corrected chi connectivity index (χ1v) is 19.0.